The van der Waals surface area contributed by atoms with Crippen molar-refractivity contribution in [2.75, 3.05) is 6.54 Å². The summed E-state index contributed by atoms with van der Waals surface area (Å²) in [6.45, 7) is 2.92. The van der Waals surface area contributed by atoms with Gasteiger partial charge < -0.3 is 5.73 Å². The number of thiazole rings is 1. The van der Waals surface area contributed by atoms with E-state index in [4.69, 9.17) is 10.7 Å². The van der Waals surface area contributed by atoms with Gasteiger partial charge in [-0.1, -0.05) is 30.3 Å². The Morgan fingerprint density at radius 3 is 2.65 bits per heavy atom. The van der Waals surface area contributed by atoms with E-state index in [1.54, 1.807) is 0 Å². The fourth-order valence-corrected chi connectivity index (χ4v) is 2.84. The maximum atomic E-state index is 5.50. The number of hydrogen-bond donors (Lipinski definition) is 1. The van der Waals surface area contributed by atoms with Crippen LogP contribution in [0.4, 0.5) is 0 Å². The van der Waals surface area contributed by atoms with Crippen LogP contribution in [0.5, 0.6) is 0 Å². The molecule has 1 heterocycles. The smallest absolute Gasteiger partial charge is 0.0935 e. The topological polar surface area (TPSA) is 38.9 Å². The van der Waals surface area contributed by atoms with Gasteiger partial charge in [0, 0.05) is 10.4 Å². The number of aromatic nitrogens is 1. The number of benzene rings is 1. The second kappa shape index (κ2) is 5.94. The Bertz CT molecular complexity index is 462. The molecule has 0 saturated heterocycles. The van der Waals surface area contributed by atoms with Gasteiger partial charge in [0.15, 0.2) is 0 Å². The molecular formula is C14H18N2S. The molecule has 2 aromatic rings. The van der Waals surface area contributed by atoms with E-state index in [0.717, 1.165) is 31.5 Å². The van der Waals surface area contributed by atoms with E-state index < -0.39 is 0 Å². The van der Waals surface area contributed by atoms with Gasteiger partial charge in [-0.15, -0.1) is 11.3 Å². The van der Waals surface area contributed by atoms with Gasteiger partial charge in [-0.3, -0.25) is 0 Å². The summed E-state index contributed by atoms with van der Waals surface area (Å²) in [7, 11) is 0. The third-order valence-electron chi connectivity index (χ3n) is 2.73. The van der Waals surface area contributed by atoms with E-state index >= 15 is 0 Å². The van der Waals surface area contributed by atoms with E-state index in [0.29, 0.717) is 0 Å². The average molecular weight is 246 g/mol. The molecule has 2 nitrogen and oxygen atoms in total. The molecule has 17 heavy (non-hydrogen) atoms. The molecule has 1 aromatic heterocycles. The van der Waals surface area contributed by atoms with E-state index in [-0.39, 0.29) is 0 Å². The SMILES string of the molecule is Cc1sc(CCCCN)nc1-c1ccccc1. The lowest BCUT2D eigenvalue weighted by molar-refractivity contribution is 0.742. The molecular weight excluding hydrogens is 228 g/mol. The van der Waals surface area contributed by atoms with Gasteiger partial charge in [0.25, 0.3) is 0 Å². The fraction of sp³-hybridized carbons (Fsp3) is 0.357. The van der Waals surface area contributed by atoms with Crippen molar-refractivity contribution in [2.24, 2.45) is 5.73 Å². The minimum Gasteiger partial charge on any atom is -0.330 e. The van der Waals surface area contributed by atoms with Crippen LogP contribution in [0.25, 0.3) is 11.3 Å². The zero-order chi connectivity index (χ0) is 12.1. The van der Waals surface area contributed by atoms with Gasteiger partial charge in [0.05, 0.1) is 10.7 Å². The summed E-state index contributed by atoms with van der Waals surface area (Å²) in [5, 5.41) is 1.23. The van der Waals surface area contributed by atoms with Gasteiger partial charge in [0.1, 0.15) is 0 Å². The summed E-state index contributed by atoms with van der Waals surface area (Å²) in [6, 6.07) is 10.4. The standard InChI is InChI=1S/C14H18N2S/c1-11-14(12-7-3-2-4-8-12)16-13(17-11)9-5-6-10-15/h2-4,7-8H,5-6,9-10,15H2,1H3. The van der Waals surface area contributed by atoms with Crippen molar-refractivity contribution in [3.05, 3.63) is 40.2 Å². The first-order valence-corrected chi connectivity index (χ1v) is 6.84. The van der Waals surface area contributed by atoms with Gasteiger partial charge in [-0.25, -0.2) is 4.98 Å². The van der Waals surface area contributed by atoms with Crippen LogP contribution in [0.2, 0.25) is 0 Å². The molecule has 90 valence electrons. The summed E-state index contributed by atoms with van der Waals surface area (Å²) < 4.78 is 0. The molecule has 0 fully saturated rings. The van der Waals surface area contributed by atoms with Crippen LogP contribution in [0.3, 0.4) is 0 Å². The Morgan fingerprint density at radius 2 is 1.94 bits per heavy atom. The highest BCUT2D eigenvalue weighted by Crippen LogP contribution is 2.27. The molecule has 2 rings (SSSR count). The van der Waals surface area contributed by atoms with Crippen LogP contribution < -0.4 is 5.73 Å². The zero-order valence-corrected chi connectivity index (χ0v) is 11.0. The first-order valence-electron chi connectivity index (χ1n) is 6.03. The molecule has 3 heteroatoms. The number of rotatable bonds is 5. The summed E-state index contributed by atoms with van der Waals surface area (Å²) in [5.41, 5.74) is 7.85. The van der Waals surface area contributed by atoms with Crippen LogP contribution in [0.15, 0.2) is 30.3 Å². The molecule has 2 N–H and O–H groups in total. The predicted molar refractivity (Wildman–Crippen MR) is 74.3 cm³/mol. The van der Waals surface area contributed by atoms with Crippen molar-refractivity contribution >= 4 is 11.3 Å². The monoisotopic (exact) mass is 246 g/mol. The second-order valence-corrected chi connectivity index (χ2v) is 5.41. The largest absolute Gasteiger partial charge is 0.330 e. The Kier molecular flexibility index (Phi) is 4.29. The highest BCUT2D eigenvalue weighted by atomic mass is 32.1. The molecule has 0 atom stereocenters. The number of nitrogens with zero attached hydrogens (tertiary/aromatic N) is 1. The Morgan fingerprint density at radius 1 is 1.18 bits per heavy atom. The number of nitrogens with two attached hydrogens (primary N) is 1. The Labute approximate surface area is 107 Å². The molecule has 0 aliphatic rings. The van der Waals surface area contributed by atoms with Gasteiger partial charge in [0.2, 0.25) is 0 Å². The third-order valence-corrected chi connectivity index (χ3v) is 3.76. The molecule has 0 radical (unpaired) electrons. The molecule has 0 unspecified atom stereocenters. The van der Waals surface area contributed by atoms with Crippen molar-refractivity contribution in [3.63, 3.8) is 0 Å². The van der Waals surface area contributed by atoms with Gasteiger partial charge >= 0.3 is 0 Å². The quantitative estimate of drug-likeness (QED) is 0.821. The molecule has 0 spiro atoms. The van der Waals surface area contributed by atoms with Crippen LogP contribution in [0, 0.1) is 6.92 Å². The van der Waals surface area contributed by atoms with Crippen LogP contribution in [-0.4, -0.2) is 11.5 Å². The van der Waals surface area contributed by atoms with Crippen LogP contribution >= 0.6 is 11.3 Å². The van der Waals surface area contributed by atoms with Crippen molar-refractivity contribution < 1.29 is 0 Å². The van der Waals surface area contributed by atoms with Crippen molar-refractivity contribution in [1.29, 1.82) is 0 Å². The van der Waals surface area contributed by atoms with Crippen LogP contribution in [-0.2, 0) is 6.42 Å². The molecule has 0 aliphatic heterocycles. The predicted octanol–water partition coefficient (Wildman–Crippen LogP) is 3.40. The first-order chi connectivity index (χ1) is 8.31. The maximum Gasteiger partial charge on any atom is 0.0935 e. The first kappa shape index (κ1) is 12.3. The Hall–Kier alpha value is -1.19. The number of hydrogen-bond acceptors (Lipinski definition) is 3. The van der Waals surface area contributed by atoms with Crippen LogP contribution in [0.1, 0.15) is 22.7 Å². The second-order valence-electron chi connectivity index (χ2n) is 4.12. The molecule has 1 aromatic carbocycles. The van der Waals surface area contributed by atoms with Crippen molar-refractivity contribution in [3.8, 4) is 11.3 Å². The van der Waals surface area contributed by atoms with E-state index in [9.17, 15) is 0 Å². The summed E-state index contributed by atoms with van der Waals surface area (Å²) in [5.74, 6) is 0. The van der Waals surface area contributed by atoms with Gasteiger partial charge in [-0.05, 0) is 32.7 Å². The molecule has 0 amide bonds. The lowest BCUT2D eigenvalue weighted by atomic mass is 10.1. The van der Waals surface area contributed by atoms with E-state index in [1.165, 1.54) is 15.4 Å². The summed E-state index contributed by atoms with van der Waals surface area (Å²) in [4.78, 5) is 6.03. The molecule has 0 bridgehead atoms. The van der Waals surface area contributed by atoms with Crippen molar-refractivity contribution in [1.82, 2.24) is 4.98 Å². The van der Waals surface area contributed by atoms with Crippen molar-refractivity contribution in [2.45, 2.75) is 26.2 Å². The number of unbranched alkanes of at least 4 members (excludes halogenated alkanes) is 1. The Balaban J connectivity index is 2.14. The lowest BCUT2D eigenvalue weighted by Crippen LogP contribution is -1.98. The minimum absolute atomic E-state index is 0.774. The lowest BCUT2D eigenvalue weighted by Gasteiger charge is -1.97. The minimum atomic E-state index is 0.774. The fourth-order valence-electron chi connectivity index (χ4n) is 1.84. The third kappa shape index (κ3) is 3.14. The number of aryl methyl sites for hydroxylation is 2. The summed E-state index contributed by atoms with van der Waals surface area (Å²) in [6.07, 6.45) is 3.27. The van der Waals surface area contributed by atoms with E-state index in [2.05, 4.69) is 31.2 Å². The van der Waals surface area contributed by atoms with E-state index in [1.807, 2.05) is 17.4 Å². The summed E-state index contributed by atoms with van der Waals surface area (Å²) >= 11 is 1.81. The van der Waals surface area contributed by atoms with Gasteiger partial charge in [-0.2, -0.15) is 0 Å². The molecule has 0 aliphatic carbocycles. The normalized spacial score (nSPS) is 10.7. The average Bonchev–Trinajstić information content (AvgIpc) is 2.72. The maximum absolute atomic E-state index is 5.50. The highest BCUT2D eigenvalue weighted by Gasteiger charge is 2.08. The highest BCUT2D eigenvalue weighted by molar-refractivity contribution is 7.12. The molecule has 0 saturated carbocycles. The zero-order valence-electron chi connectivity index (χ0n) is 10.1.